The van der Waals surface area contributed by atoms with E-state index in [4.69, 9.17) is 18.2 Å². The van der Waals surface area contributed by atoms with Gasteiger partial charge in [-0.05, 0) is 50.3 Å². The number of piperidine rings is 1. The fraction of sp³-hybridized carbons (Fsp3) is 0.458. The predicted molar refractivity (Wildman–Crippen MR) is 135 cm³/mol. The molecule has 1 saturated carbocycles. The van der Waals surface area contributed by atoms with Crippen LogP contribution >= 0.6 is 11.6 Å². The smallest absolute Gasteiger partial charge is 0.275 e. The molecule has 0 amide bonds. The lowest BCUT2D eigenvalue weighted by molar-refractivity contribution is 0.00132. The van der Waals surface area contributed by atoms with Gasteiger partial charge in [0.2, 0.25) is 0 Å². The first-order chi connectivity index (χ1) is 17.0. The normalized spacial score (nSPS) is 19.3. The highest BCUT2D eigenvalue weighted by Gasteiger charge is 2.43. The summed E-state index contributed by atoms with van der Waals surface area (Å²) in [6.45, 7) is 11.6. The molecule has 1 aliphatic carbocycles. The van der Waals surface area contributed by atoms with Crippen molar-refractivity contribution in [3.8, 4) is 6.07 Å². The Labute approximate surface area is 208 Å². The summed E-state index contributed by atoms with van der Waals surface area (Å²) in [6.07, 6.45) is 5.86. The fourth-order valence-electron chi connectivity index (χ4n) is 5.27. The van der Waals surface area contributed by atoms with Gasteiger partial charge in [-0.3, -0.25) is 0 Å². The van der Waals surface area contributed by atoms with E-state index in [-0.39, 0.29) is 5.95 Å². The Kier molecular flexibility index (Phi) is 5.17. The summed E-state index contributed by atoms with van der Waals surface area (Å²) in [7, 11) is 2.17. The van der Waals surface area contributed by atoms with Gasteiger partial charge in [0.25, 0.3) is 17.4 Å². The number of nitrogens with one attached hydrogen (secondary N) is 2. The number of hydrogen-bond donors (Lipinski definition) is 2. The van der Waals surface area contributed by atoms with Crippen molar-refractivity contribution in [1.82, 2.24) is 24.5 Å². The van der Waals surface area contributed by atoms with Crippen molar-refractivity contribution in [2.45, 2.75) is 31.7 Å². The van der Waals surface area contributed by atoms with Crippen LogP contribution in [0.15, 0.2) is 18.3 Å². The maximum Gasteiger partial charge on any atom is 0.275 e. The molecule has 2 N–H and O–H groups in total. The molecule has 0 bridgehead atoms. The van der Waals surface area contributed by atoms with Crippen LogP contribution in [0.2, 0.25) is 5.02 Å². The van der Waals surface area contributed by atoms with Gasteiger partial charge in [-0.15, -0.1) is 4.52 Å². The summed E-state index contributed by atoms with van der Waals surface area (Å²) in [5, 5.41) is 21.3. The van der Waals surface area contributed by atoms with Gasteiger partial charge >= 0.3 is 0 Å². The average molecular weight is 489 g/mol. The molecule has 3 aromatic rings. The molecular formula is C24H25ClN10. The van der Waals surface area contributed by atoms with Crippen molar-refractivity contribution < 1.29 is 0 Å². The van der Waals surface area contributed by atoms with Crippen molar-refractivity contribution in [3.05, 3.63) is 40.3 Å². The lowest BCUT2D eigenvalue weighted by Crippen LogP contribution is -2.58. The number of hydrogen-bond acceptors (Lipinski definition) is 8. The summed E-state index contributed by atoms with van der Waals surface area (Å²) in [5.74, 6) is 1.15. The van der Waals surface area contributed by atoms with E-state index in [1.54, 1.807) is 6.07 Å². The number of halogens is 1. The van der Waals surface area contributed by atoms with Crippen molar-refractivity contribution in [3.63, 3.8) is 0 Å². The van der Waals surface area contributed by atoms with Crippen LogP contribution in [0.25, 0.3) is 10.5 Å². The maximum atomic E-state index is 9.70. The molecule has 10 nitrogen and oxygen atoms in total. The number of likely N-dealkylation sites (tertiary alicyclic amines) is 1. The van der Waals surface area contributed by atoms with E-state index in [1.165, 1.54) is 10.7 Å². The highest BCUT2D eigenvalue weighted by molar-refractivity contribution is 6.36. The monoisotopic (exact) mass is 488 g/mol. The Morgan fingerprint density at radius 1 is 1.26 bits per heavy atom. The van der Waals surface area contributed by atoms with Gasteiger partial charge in [0, 0.05) is 32.2 Å². The van der Waals surface area contributed by atoms with E-state index in [0.29, 0.717) is 45.0 Å². The van der Waals surface area contributed by atoms with Gasteiger partial charge in [0.15, 0.2) is 5.82 Å². The summed E-state index contributed by atoms with van der Waals surface area (Å²) in [5.41, 5.74) is 2.85. The standard InChI is InChI=1S/C24H25ClN10/c1-27-19-12-28-22-21(29-16-3-4-16)31-23(32-35(19)22)30-17-9-15(11-26)10-18(20(17)25)34-7-5-24(6-8-34)13-33(2)14-24/h9-10,12,16H,3-8,13-14H2,2H3,(H2,29,30,31,32). The molecule has 35 heavy (non-hydrogen) atoms. The second-order valence-corrected chi connectivity index (χ2v) is 10.3. The number of imidazole rings is 1. The largest absolute Gasteiger partial charge is 0.370 e. The van der Waals surface area contributed by atoms with Gasteiger partial charge in [-0.1, -0.05) is 23.3 Å². The van der Waals surface area contributed by atoms with Crippen LogP contribution in [-0.2, 0) is 0 Å². The van der Waals surface area contributed by atoms with Gasteiger partial charge < -0.3 is 25.3 Å². The van der Waals surface area contributed by atoms with Crippen LogP contribution in [0.4, 0.5) is 29.0 Å². The number of anilines is 4. The molecule has 0 radical (unpaired) electrons. The third kappa shape index (κ3) is 3.99. The predicted octanol–water partition coefficient (Wildman–Crippen LogP) is 4.05. The van der Waals surface area contributed by atoms with Crippen molar-refractivity contribution >= 4 is 46.2 Å². The maximum absolute atomic E-state index is 9.70. The molecule has 178 valence electrons. The lowest BCUT2D eigenvalue weighted by Gasteiger charge is -2.53. The molecule has 2 aromatic heterocycles. The zero-order valence-electron chi connectivity index (χ0n) is 19.4. The van der Waals surface area contributed by atoms with Crippen molar-refractivity contribution in [2.75, 3.05) is 48.8 Å². The van der Waals surface area contributed by atoms with E-state index in [1.807, 2.05) is 6.07 Å². The molecule has 3 fully saturated rings. The van der Waals surface area contributed by atoms with Gasteiger partial charge in [0.1, 0.15) is 0 Å². The molecule has 3 aliphatic rings. The minimum Gasteiger partial charge on any atom is -0.370 e. The molecule has 6 rings (SSSR count). The number of nitrogens with zero attached hydrogens (tertiary/aromatic N) is 8. The van der Waals surface area contributed by atoms with Crippen LogP contribution in [0.1, 0.15) is 31.2 Å². The molecular weight excluding hydrogens is 464 g/mol. The molecule has 0 unspecified atom stereocenters. The highest BCUT2D eigenvalue weighted by Crippen LogP contribution is 2.43. The number of benzene rings is 1. The van der Waals surface area contributed by atoms with Crippen LogP contribution in [0.3, 0.4) is 0 Å². The van der Waals surface area contributed by atoms with E-state index in [9.17, 15) is 5.26 Å². The molecule has 11 heteroatoms. The molecule has 1 aromatic carbocycles. The number of aromatic nitrogens is 4. The summed E-state index contributed by atoms with van der Waals surface area (Å²) >= 11 is 6.89. The Hall–Kier alpha value is -3.60. The van der Waals surface area contributed by atoms with Gasteiger partial charge in [0.05, 0.1) is 34.2 Å². The lowest BCUT2D eigenvalue weighted by atomic mass is 9.72. The second kappa shape index (κ2) is 8.26. The third-order valence-electron chi connectivity index (χ3n) is 7.18. The molecule has 1 spiro atoms. The zero-order chi connectivity index (χ0) is 24.2. The van der Waals surface area contributed by atoms with E-state index >= 15 is 0 Å². The highest BCUT2D eigenvalue weighted by atomic mass is 35.5. The number of fused-ring (bicyclic) bond motifs is 1. The number of rotatable bonds is 5. The molecule has 2 aliphatic heterocycles. The summed E-state index contributed by atoms with van der Waals surface area (Å²) < 4.78 is 1.48. The Balaban J connectivity index is 1.32. The molecule has 0 atom stereocenters. The van der Waals surface area contributed by atoms with Crippen LogP contribution < -0.4 is 15.5 Å². The first kappa shape index (κ1) is 21.9. The van der Waals surface area contributed by atoms with E-state index in [2.05, 4.69) is 53.5 Å². The van der Waals surface area contributed by atoms with Crippen molar-refractivity contribution in [2.24, 2.45) is 5.41 Å². The van der Waals surface area contributed by atoms with Gasteiger partial charge in [-0.2, -0.15) is 10.2 Å². The van der Waals surface area contributed by atoms with Crippen LogP contribution in [-0.4, -0.2) is 63.8 Å². The van der Waals surface area contributed by atoms with E-state index < -0.39 is 0 Å². The fourth-order valence-corrected chi connectivity index (χ4v) is 5.54. The average Bonchev–Trinajstić information content (AvgIpc) is 3.56. The zero-order valence-corrected chi connectivity index (χ0v) is 20.2. The Morgan fingerprint density at radius 3 is 2.69 bits per heavy atom. The van der Waals surface area contributed by atoms with E-state index in [0.717, 1.165) is 57.5 Å². The van der Waals surface area contributed by atoms with Crippen LogP contribution in [0.5, 0.6) is 0 Å². The third-order valence-corrected chi connectivity index (χ3v) is 7.58. The minimum absolute atomic E-state index is 0.279. The minimum atomic E-state index is 0.279. The van der Waals surface area contributed by atoms with Crippen molar-refractivity contribution in [1.29, 1.82) is 5.26 Å². The molecule has 4 heterocycles. The summed E-state index contributed by atoms with van der Waals surface area (Å²) in [4.78, 5) is 17.1. The first-order valence-corrected chi connectivity index (χ1v) is 12.2. The van der Waals surface area contributed by atoms with Crippen LogP contribution in [0, 0.1) is 23.3 Å². The Morgan fingerprint density at radius 2 is 2.03 bits per heavy atom. The quantitative estimate of drug-likeness (QED) is 0.518. The second-order valence-electron chi connectivity index (χ2n) is 9.92. The Bertz CT molecular complexity index is 1380. The first-order valence-electron chi connectivity index (χ1n) is 11.8. The molecule has 2 saturated heterocycles. The number of nitriles is 1. The topological polar surface area (TPSA) is 102 Å². The SMILES string of the molecule is [C-]#[N+]c1cnc2c(NC3CC3)nc(Nc3cc(C#N)cc(N4CCC5(CC4)CN(C)C5)c3Cl)nn12. The van der Waals surface area contributed by atoms with Gasteiger partial charge in [-0.25, -0.2) is 4.98 Å². The summed E-state index contributed by atoms with van der Waals surface area (Å²) in [6, 6.07) is 6.17.